The molecule has 24 heavy (non-hydrogen) atoms. The average Bonchev–Trinajstić information content (AvgIpc) is 2.59. The predicted molar refractivity (Wildman–Crippen MR) is 103 cm³/mol. The molecule has 2 atom stereocenters. The maximum Gasteiger partial charge on any atom is 0.191 e. The third-order valence-electron chi connectivity index (χ3n) is 4.99. The lowest BCUT2D eigenvalue weighted by atomic mass is 10.0. The van der Waals surface area contributed by atoms with E-state index in [0.717, 1.165) is 58.4 Å². The minimum atomic E-state index is 0.499. The Labute approximate surface area is 149 Å². The van der Waals surface area contributed by atoms with Crippen LogP contribution in [0.2, 0.25) is 0 Å². The molecule has 1 rings (SSSR count). The van der Waals surface area contributed by atoms with Gasteiger partial charge in [-0.1, -0.05) is 27.7 Å². The van der Waals surface area contributed by atoms with E-state index >= 15 is 0 Å². The molecule has 1 heterocycles. The number of ether oxygens (including phenoxy) is 1. The number of guanidine groups is 1. The van der Waals surface area contributed by atoms with Crippen molar-refractivity contribution in [2.75, 3.05) is 59.5 Å². The van der Waals surface area contributed by atoms with Crippen molar-refractivity contribution in [1.82, 2.24) is 20.4 Å². The zero-order valence-corrected chi connectivity index (χ0v) is 16.6. The summed E-state index contributed by atoms with van der Waals surface area (Å²) in [4.78, 5) is 9.36. The van der Waals surface area contributed by atoms with Crippen LogP contribution in [0, 0.1) is 5.92 Å². The van der Waals surface area contributed by atoms with Crippen LogP contribution in [0.3, 0.4) is 0 Å². The molecule has 1 fully saturated rings. The molecule has 0 aromatic carbocycles. The molecule has 0 amide bonds. The molecule has 0 radical (unpaired) electrons. The first-order valence-electron chi connectivity index (χ1n) is 9.53. The first kappa shape index (κ1) is 21.2. The summed E-state index contributed by atoms with van der Waals surface area (Å²) >= 11 is 0. The van der Waals surface area contributed by atoms with Crippen LogP contribution in [0.5, 0.6) is 0 Å². The first-order chi connectivity index (χ1) is 11.5. The fourth-order valence-corrected chi connectivity index (χ4v) is 3.34. The minimum absolute atomic E-state index is 0.499. The van der Waals surface area contributed by atoms with Gasteiger partial charge in [0.15, 0.2) is 5.96 Å². The molecule has 0 saturated carbocycles. The number of aliphatic imine (C=N–C) groups is 1. The third kappa shape index (κ3) is 6.95. The van der Waals surface area contributed by atoms with Gasteiger partial charge in [-0.25, -0.2) is 0 Å². The van der Waals surface area contributed by atoms with E-state index in [1.807, 2.05) is 7.05 Å². The summed E-state index contributed by atoms with van der Waals surface area (Å²) in [7, 11) is 1.84. The molecule has 0 spiro atoms. The molecule has 6 heteroatoms. The molecule has 1 saturated heterocycles. The minimum Gasteiger partial charge on any atom is -0.379 e. The maximum atomic E-state index is 5.48. The number of hydrogen-bond acceptors (Lipinski definition) is 4. The van der Waals surface area contributed by atoms with Crippen molar-refractivity contribution >= 4 is 5.96 Å². The Hall–Kier alpha value is -0.850. The SMILES string of the molecule is CCN(CC)C(C)CNC(=NC)NCC(C(C)C)N1CCOCC1. The highest BCUT2D eigenvalue weighted by molar-refractivity contribution is 5.79. The van der Waals surface area contributed by atoms with Crippen molar-refractivity contribution in [2.45, 2.75) is 46.7 Å². The van der Waals surface area contributed by atoms with Crippen LogP contribution < -0.4 is 10.6 Å². The van der Waals surface area contributed by atoms with E-state index in [1.165, 1.54) is 0 Å². The Morgan fingerprint density at radius 3 is 2.17 bits per heavy atom. The molecule has 1 aliphatic heterocycles. The molecule has 0 bridgehead atoms. The summed E-state index contributed by atoms with van der Waals surface area (Å²) in [6.45, 7) is 19.0. The number of hydrogen-bond donors (Lipinski definition) is 2. The van der Waals surface area contributed by atoms with Gasteiger partial charge in [-0.15, -0.1) is 0 Å². The van der Waals surface area contributed by atoms with Crippen LogP contribution in [0.15, 0.2) is 4.99 Å². The molecule has 2 N–H and O–H groups in total. The van der Waals surface area contributed by atoms with Crippen molar-refractivity contribution in [3.05, 3.63) is 0 Å². The van der Waals surface area contributed by atoms with Crippen molar-refractivity contribution in [2.24, 2.45) is 10.9 Å². The summed E-state index contributed by atoms with van der Waals surface area (Å²) in [5, 5.41) is 6.99. The maximum absolute atomic E-state index is 5.48. The van der Waals surface area contributed by atoms with Gasteiger partial charge in [0, 0.05) is 45.3 Å². The number of morpholine rings is 1. The van der Waals surface area contributed by atoms with Gasteiger partial charge >= 0.3 is 0 Å². The van der Waals surface area contributed by atoms with Crippen LogP contribution >= 0.6 is 0 Å². The largest absolute Gasteiger partial charge is 0.379 e. The standard InChI is InChI=1S/C18H39N5O/c1-7-22(8-2)16(5)13-20-18(19-6)21-14-17(15(3)4)23-9-11-24-12-10-23/h15-17H,7-14H2,1-6H3,(H2,19,20,21). The number of nitrogens with one attached hydrogen (secondary N) is 2. The molecule has 6 nitrogen and oxygen atoms in total. The van der Waals surface area contributed by atoms with Crippen LogP contribution in [0.25, 0.3) is 0 Å². The van der Waals surface area contributed by atoms with Gasteiger partial charge < -0.3 is 15.4 Å². The van der Waals surface area contributed by atoms with Crippen molar-refractivity contribution in [3.8, 4) is 0 Å². The fraction of sp³-hybridized carbons (Fsp3) is 0.944. The normalized spacial score (nSPS) is 19.6. The van der Waals surface area contributed by atoms with Crippen LogP contribution in [-0.2, 0) is 4.74 Å². The van der Waals surface area contributed by atoms with E-state index in [-0.39, 0.29) is 0 Å². The van der Waals surface area contributed by atoms with E-state index in [9.17, 15) is 0 Å². The lowest BCUT2D eigenvalue weighted by molar-refractivity contribution is 0.00752. The summed E-state index contributed by atoms with van der Waals surface area (Å²) in [6, 6.07) is 1.01. The van der Waals surface area contributed by atoms with Gasteiger partial charge in [0.25, 0.3) is 0 Å². The first-order valence-corrected chi connectivity index (χ1v) is 9.53. The van der Waals surface area contributed by atoms with E-state index in [1.54, 1.807) is 0 Å². The van der Waals surface area contributed by atoms with E-state index in [0.29, 0.717) is 18.0 Å². The van der Waals surface area contributed by atoms with Crippen molar-refractivity contribution in [1.29, 1.82) is 0 Å². The molecular formula is C18H39N5O. The predicted octanol–water partition coefficient (Wildman–Crippen LogP) is 1.24. The highest BCUT2D eigenvalue weighted by Crippen LogP contribution is 2.12. The second-order valence-electron chi connectivity index (χ2n) is 6.86. The molecule has 1 aliphatic rings. The van der Waals surface area contributed by atoms with Crippen LogP contribution in [0.4, 0.5) is 0 Å². The molecule has 142 valence electrons. The van der Waals surface area contributed by atoms with E-state index in [2.05, 4.69) is 60.0 Å². The highest BCUT2D eigenvalue weighted by Gasteiger charge is 2.24. The Balaban J connectivity index is 2.45. The summed E-state index contributed by atoms with van der Waals surface area (Å²) in [6.07, 6.45) is 0. The highest BCUT2D eigenvalue weighted by atomic mass is 16.5. The zero-order valence-electron chi connectivity index (χ0n) is 16.6. The lowest BCUT2D eigenvalue weighted by Gasteiger charge is -2.37. The Morgan fingerprint density at radius 1 is 1.08 bits per heavy atom. The second kappa shape index (κ2) is 11.7. The topological polar surface area (TPSA) is 52.1 Å². The Bertz CT molecular complexity index is 351. The summed E-state index contributed by atoms with van der Waals surface area (Å²) < 4.78 is 5.48. The quantitative estimate of drug-likeness (QED) is 0.488. The van der Waals surface area contributed by atoms with Gasteiger partial charge in [0.1, 0.15) is 0 Å². The summed E-state index contributed by atoms with van der Waals surface area (Å²) in [5.41, 5.74) is 0. The molecule has 0 aliphatic carbocycles. The van der Waals surface area contributed by atoms with Crippen molar-refractivity contribution < 1.29 is 4.74 Å². The molecule has 0 aromatic heterocycles. The Kier molecular flexibility index (Phi) is 10.3. The van der Waals surface area contributed by atoms with E-state index in [4.69, 9.17) is 4.74 Å². The van der Waals surface area contributed by atoms with Gasteiger partial charge in [0.2, 0.25) is 0 Å². The van der Waals surface area contributed by atoms with Crippen LogP contribution in [-0.4, -0.2) is 87.4 Å². The Morgan fingerprint density at radius 2 is 1.67 bits per heavy atom. The lowest BCUT2D eigenvalue weighted by Crippen LogP contribution is -2.53. The number of likely N-dealkylation sites (N-methyl/N-ethyl adjacent to an activating group) is 1. The second-order valence-corrected chi connectivity index (χ2v) is 6.86. The fourth-order valence-electron chi connectivity index (χ4n) is 3.34. The van der Waals surface area contributed by atoms with Gasteiger partial charge in [0.05, 0.1) is 13.2 Å². The molecular weight excluding hydrogens is 302 g/mol. The summed E-state index contributed by atoms with van der Waals surface area (Å²) in [5.74, 6) is 1.50. The smallest absolute Gasteiger partial charge is 0.191 e. The van der Waals surface area contributed by atoms with Crippen LogP contribution in [0.1, 0.15) is 34.6 Å². The number of nitrogens with zero attached hydrogens (tertiary/aromatic N) is 3. The monoisotopic (exact) mass is 341 g/mol. The van der Waals surface area contributed by atoms with Gasteiger partial charge in [-0.3, -0.25) is 14.8 Å². The van der Waals surface area contributed by atoms with E-state index < -0.39 is 0 Å². The zero-order chi connectivity index (χ0) is 17.9. The molecule has 2 unspecified atom stereocenters. The molecule has 0 aromatic rings. The van der Waals surface area contributed by atoms with Gasteiger partial charge in [-0.05, 0) is 25.9 Å². The van der Waals surface area contributed by atoms with Crippen molar-refractivity contribution in [3.63, 3.8) is 0 Å². The van der Waals surface area contributed by atoms with Gasteiger partial charge in [-0.2, -0.15) is 0 Å². The number of rotatable bonds is 9. The third-order valence-corrected chi connectivity index (χ3v) is 4.99. The average molecular weight is 342 g/mol.